The largest absolute Gasteiger partial charge is 0.367 e. The Morgan fingerprint density at radius 3 is 3.00 bits per heavy atom. The van der Waals surface area contributed by atoms with Gasteiger partial charge < -0.3 is 10.2 Å². The predicted octanol–water partition coefficient (Wildman–Crippen LogP) is 2.24. The molecule has 1 N–H and O–H groups in total. The van der Waals surface area contributed by atoms with Crippen molar-refractivity contribution in [1.29, 1.82) is 0 Å². The summed E-state index contributed by atoms with van der Waals surface area (Å²) in [7, 11) is 4.17. The van der Waals surface area contributed by atoms with Gasteiger partial charge >= 0.3 is 0 Å². The number of aromatic nitrogens is 3. The van der Waals surface area contributed by atoms with Crippen LogP contribution in [0.1, 0.15) is 13.3 Å². The van der Waals surface area contributed by atoms with Crippen LogP contribution in [0.2, 0.25) is 0 Å². The zero-order chi connectivity index (χ0) is 13.1. The molecule has 0 aliphatic carbocycles. The van der Waals surface area contributed by atoms with E-state index in [1.807, 2.05) is 12.3 Å². The highest BCUT2D eigenvalue weighted by atomic mass is 79.9. The van der Waals surface area contributed by atoms with Gasteiger partial charge in [-0.1, -0.05) is 0 Å². The fourth-order valence-corrected chi connectivity index (χ4v) is 2.06. The Balaban J connectivity index is 2.04. The van der Waals surface area contributed by atoms with Crippen molar-refractivity contribution < 1.29 is 0 Å². The maximum atomic E-state index is 4.53. The molecule has 0 aliphatic rings. The molecule has 0 bridgehead atoms. The van der Waals surface area contributed by atoms with E-state index < -0.39 is 0 Å². The Labute approximate surface area is 115 Å². The number of fused-ring (bicyclic) bond motifs is 1. The second kappa shape index (κ2) is 5.67. The van der Waals surface area contributed by atoms with Gasteiger partial charge in [0.25, 0.3) is 0 Å². The Hall–Kier alpha value is -1.14. The minimum atomic E-state index is 0.393. The number of anilines is 1. The Morgan fingerprint density at radius 1 is 1.50 bits per heavy atom. The molecule has 0 aliphatic heterocycles. The van der Waals surface area contributed by atoms with E-state index in [-0.39, 0.29) is 0 Å². The smallest absolute Gasteiger partial charge is 0.171 e. The molecule has 0 radical (unpaired) electrons. The molecule has 0 fully saturated rings. The summed E-state index contributed by atoms with van der Waals surface area (Å²) < 4.78 is 2.66. The van der Waals surface area contributed by atoms with Crippen LogP contribution < -0.4 is 5.32 Å². The summed E-state index contributed by atoms with van der Waals surface area (Å²) in [6, 6.07) is 2.34. The second-order valence-electron chi connectivity index (χ2n) is 4.71. The van der Waals surface area contributed by atoms with Gasteiger partial charge in [-0.2, -0.15) is 5.10 Å². The average Bonchev–Trinajstić information content (AvgIpc) is 2.69. The summed E-state index contributed by atoms with van der Waals surface area (Å²) in [6.45, 7) is 3.23. The van der Waals surface area contributed by atoms with E-state index in [1.54, 1.807) is 10.7 Å². The molecule has 0 saturated heterocycles. The zero-order valence-corrected chi connectivity index (χ0v) is 12.5. The number of halogens is 1. The van der Waals surface area contributed by atoms with Crippen molar-refractivity contribution in [3.63, 3.8) is 0 Å². The lowest BCUT2D eigenvalue weighted by Crippen LogP contribution is -2.23. The summed E-state index contributed by atoms with van der Waals surface area (Å²) >= 11 is 3.44. The molecule has 0 saturated carbocycles. The molecule has 5 nitrogen and oxygen atoms in total. The Bertz CT molecular complexity index is 522. The minimum absolute atomic E-state index is 0.393. The van der Waals surface area contributed by atoms with Crippen LogP contribution in [0, 0.1) is 0 Å². The highest BCUT2D eigenvalue weighted by Gasteiger charge is 2.07. The van der Waals surface area contributed by atoms with Crippen LogP contribution in [0.25, 0.3) is 5.65 Å². The first-order valence-electron chi connectivity index (χ1n) is 5.97. The van der Waals surface area contributed by atoms with E-state index in [0.717, 1.165) is 28.9 Å². The Morgan fingerprint density at radius 2 is 2.28 bits per heavy atom. The molecule has 2 aromatic rings. The molecule has 2 heterocycles. The number of nitrogens with zero attached hydrogens (tertiary/aromatic N) is 4. The van der Waals surface area contributed by atoms with Crippen LogP contribution >= 0.6 is 15.9 Å². The van der Waals surface area contributed by atoms with Gasteiger partial charge in [-0.15, -0.1) is 0 Å². The van der Waals surface area contributed by atoms with Crippen molar-refractivity contribution in [1.82, 2.24) is 19.5 Å². The van der Waals surface area contributed by atoms with E-state index in [4.69, 9.17) is 0 Å². The number of hydrogen-bond donors (Lipinski definition) is 1. The van der Waals surface area contributed by atoms with E-state index in [1.165, 1.54) is 0 Å². The molecule has 1 unspecified atom stereocenters. The van der Waals surface area contributed by atoms with Gasteiger partial charge in [-0.3, -0.25) is 0 Å². The van der Waals surface area contributed by atoms with Crippen LogP contribution in [0.15, 0.2) is 22.9 Å². The van der Waals surface area contributed by atoms with Crippen molar-refractivity contribution in [2.45, 2.75) is 19.4 Å². The van der Waals surface area contributed by atoms with Crippen LogP contribution in [0.3, 0.4) is 0 Å². The fraction of sp³-hybridized carbons (Fsp3) is 0.500. The van der Waals surface area contributed by atoms with Crippen LogP contribution in [0.4, 0.5) is 5.82 Å². The third-order valence-electron chi connectivity index (χ3n) is 2.73. The Kier molecular flexibility index (Phi) is 4.19. The molecule has 18 heavy (non-hydrogen) atoms. The van der Waals surface area contributed by atoms with Crippen molar-refractivity contribution >= 4 is 27.4 Å². The molecule has 1 atom stereocenters. The maximum absolute atomic E-state index is 4.53. The van der Waals surface area contributed by atoms with Gasteiger partial charge in [0, 0.05) is 12.2 Å². The molecule has 0 aromatic carbocycles. The lowest BCUT2D eigenvalue weighted by molar-refractivity contribution is 0.390. The highest BCUT2D eigenvalue weighted by molar-refractivity contribution is 9.10. The van der Waals surface area contributed by atoms with Crippen LogP contribution in [0.5, 0.6) is 0 Å². The third kappa shape index (κ3) is 3.20. The normalized spacial score (nSPS) is 13.2. The number of hydrogen-bond acceptors (Lipinski definition) is 4. The molecule has 0 spiro atoms. The first-order chi connectivity index (χ1) is 8.56. The van der Waals surface area contributed by atoms with Gasteiger partial charge in [-0.25, -0.2) is 9.50 Å². The van der Waals surface area contributed by atoms with Gasteiger partial charge in [0.2, 0.25) is 0 Å². The quantitative estimate of drug-likeness (QED) is 0.920. The summed E-state index contributed by atoms with van der Waals surface area (Å²) in [5.74, 6) is 0.884. The fourth-order valence-electron chi connectivity index (χ4n) is 1.70. The number of rotatable bonds is 5. The van der Waals surface area contributed by atoms with Gasteiger partial charge in [0.1, 0.15) is 5.82 Å². The predicted molar refractivity (Wildman–Crippen MR) is 76.9 cm³/mol. The minimum Gasteiger partial charge on any atom is -0.367 e. The summed E-state index contributed by atoms with van der Waals surface area (Å²) in [5, 5.41) is 7.58. The lowest BCUT2D eigenvalue weighted by atomic mass is 10.2. The first kappa shape index (κ1) is 13.3. The molecule has 2 aromatic heterocycles. The van der Waals surface area contributed by atoms with E-state index in [9.17, 15) is 0 Å². The van der Waals surface area contributed by atoms with Crippen LogP contribution in [-0.4, -0.2) is 46.2 Å². The standard InChI is InChI=1S/C12H18BrN5/c1-9(4-6-17(2)3)15-11-5-7-18-12(16-11)10(13)8-14-18/h5,7-9H,4,6H2,1-3H3,(H,15,16). The summed E-state index contributed by atoms with van der Waals surface area (Å²) in [5.41, 5.74) is 0.833. The highest BCUT2D eigenvalue weighted by Crippen LogP contribution is 2.17. The third-order valence-corrected chi connectivity index (χ3v) is 3.29. The van der Waals surface area contributed by atoms with E-state index >= 15 is 0 Å². The monoisotopic (exact) mass is 311 g/mol. The molecule has 6 heteroatoms. The molecule has 0 amide bonds. The van der Waals surface area contributed by atoms with Gasteiger partial charge in [0.05, 0.1) is 10.7 Å². The first-order valence-corrected chi connectivity index (χ1v) is 6.76. The average molecular weight is 312 g/mol. The van der Waals surface area contributed by atoms with E-state index in [0.29, 0.717) is 6.04 Å². The van der Waals surface area contributed by atoms with Gasteiger partial charge in [0.15, 0.2) is 5.65 Å². The summed E-state index contributed by atoms with van der Waals surface area (Å²) in [6.07, 6.45) is 4.75. The maximum Gasteiger partial charge on any atom is 0.171 e. The van der Waals surface area contributed by atoms with E-state index in [2.05, 4.69) is 57.2 Å². The molecule has 2 rings (SSSR count). The zero-order valence-electron chi connectivity index (χ0n) is 10.9. The van der Waals surface area contributed by atoms with Crippen molar-refractivity contribution in [3.05, 3.63) is 22.9 Å². The van der Waals surface area contributed by atoms with Crippen LogP contribution in [-0.2, 0) is 0 Å². The molecule has 98 valence electrons. The second-order valence-corrected chi connectivity index (χ2v) is 5.57. The van der Waals surface area contributed by atoms with Crippen molar-refractivity contribution in [3.8, 4) is 0 Å². The van der Waals surface area contributed by atoms with Gasteiger partial charge in [-0.05, 0) is 56.0 Å². The SMILES string of the molecule is CC(CCN(C)C)Nc1ccn2ncc(Br)c2n1. The number of nitrogens with one attached hydrogen (secondary N) is 1. The lowest BCUT2D eigenvalue weighted by Gasteiger charge is -2.17. The van der Waals surface area contributed by atoms with Crippen molar-refractivity contribution in [2.75, 3.05) is 26.0 Å². The molecular formula is C12H18BrN5. The summed E-state index contributed by atoms with van der Waals surface area (Å²) in [4.78, 5) is 6.71. The van der Waals surface area contributed by atoms with Crippen molar-refractivity contribution in [2.24, 2.45) is 0 Å². The topological polar surface area (TPSA) is 45.5 Å². The molecular weight excluding hydrogens is 294 g/mol.